The molecule has 0 aliphatic carbocycles. The highest BCUT2D eigenvalue weighted by molar-refractivity contribution is 7.90. The van der Waals surface area contributed by atoms with Crippen molar-refractivity contribution >= 4 is 33.0 Å². The van der Waals surface area contributed by atoms with E-state index in [1.165, 1.54) is 23.1 Å². The van der Waals surface area contributed by atoms with Crippen LogP contribution in [0, 0.1) is 11.3 Å². The molecule has 0 aromatic heterocycles. The Morgan fingerprint density at radius 2 is 1.89 bits per heavy atom. The number of anilines is 1. The van der Waals surface area contributed by atoms with Gasteiger partial charge in [-0.25, -0.2) is 8.42 Å². The first-order valence-electron chi connectivity index (χ1n) is 8.19. The van der Waals surface area contributed by atoms with Crippen LogP contribution in [-0.4, -0.2) is 33.7 Å². The summed E-state index contributed by atoms with van der Waals surface area (Å²) in [5.74, 6) is 0.246. The summed E-state index contributed by atoms with van der Waals surface area (Å²) < 4.78 is 29.1. The first-order valence-corrected chi connectivity index (χ1v) is 10.5. The molecule has 0 aliphatic rings. The van der Waals surface area contributed by atoms with E-state index in [9.17, 15) is 13.2 Å². The zero-order chi connectivity index (χ0) is 20.0. The Morgan fingerprint density at radius 1 is 1.22 bits per heavy atom. The number of nitrogens with zero attached hydrogens (tertiary/aromatic N) is 2. The summed E-state index contributed by atoms with van der Waals surface area (Å²) >= 11 is 5.95. The van der Waals surface area contributed by atoms with Gasteiger partial charge in [-0.3, -0.25) is 4.79 Å². The lowest BCUT2D eigenvalue weighted by atomic mass is 10.1. The van der Waals surface area contributed by atoms with Gasteiger partial charge >= 0.3 is 0 Å². The summed E-state index contributed by atoms with van der Waals surface area (Å²) in [6.45, 7) is 2.56. The molecule has 6 nitrogen and oxygen atoms in total. The number of carbonyl (C=O) groups excluding carboxylic acids is 1. The molecule has 27 heavy (non-hydrogen) atoms. The van der Waals surface area contributed by atoms with Gasteiger partial charge in [0.05, 0.1) is 29.0 Å². The fourth-order valence-electron chi connectivity index (χ4n) is 2.48. The third-order valence-electron chi connectivity index (χ3n) is 3.73. The molecule has 0 spiro atoms. The van der Waals surface area contributed by atoms with E-state index in [1.54, 1.807) is 24.3 Å². The molecule has 142 valence electrons. The molecule has 0 atom stereocenters. The molecule has 1 amide bonds. The standard InChI is InChI=1S/C19H19ClN2O4S/c1-3-26-16-8-6-15(7-9-16)22(12-4-11-21)19(23)14-5-10-17(20)18(13-14)27(2,24)25/h5-10,13H,3-4,12H2,1-2H3. The lowest BCUT2D eigenvalue weighted by Gasteiger charge is -2.22. The molecule has 0 N–H and O–H groups in total. The summed E-state index contributed by atoms with van der Waals surface area (Å²) in [5.41, 5.74) is 0.751. The number of carbonyl (C=O) groups is 1. The molecule has 0 unspecified atom stereocenters. The molecule has 0 heterocycles. The van der Waals surface area contributed by atoms with Crippen molar-refractivity contribution < 1.29 is 17.9 Å². The maximum Gasteiger partial charge on any atom is 0.258 e. The first-order chi connectivity index (χ1) is 12.8. The Bertz CT molecular complexity index is 966. The molecule has 0 fully saturated rings. The lowest BCUT2D eigenvalue weighted by Crippen LogP contribution is -2.32. The largest absolute Gasteiger partial charge is 0.494 e. The van der Waals surface area contributed by atoms with Crippen LogP contribution in [0.5, 0.6) is 5.75 Å². The predicted octanol–water partition coefficient (Wildman–Crippen LogP) is 3.70. The van der Waals surface area contributed by atoms with Gasteiger partial charge in [-0.1, -0.05) is 11.6 Å². The Labute approximate surface area is 163 Å². The van der Waals surface area contributed by atoms with Gasteiger partial charge in [0, 0.05) is 24.1 Å². The van der Waals surface area contributed by atoms with Crippen molar-refractivity contribution in [3.8, 4) is 11.8 Å². The number of hydrogen-bond donors (Lipinski definition) is 0. The Balaban J connectivity index is 2.42. The van der Waals surface area contributed by atoms with Gasteiger partial charge in [0.1, 0.15) is 5.75 Å². The summed E-state index contributed by atoms with van der Waals surface area (Å²) in [6, 6.07) is 13.0. The van der Waals surface area contributed by atoms with Crippen LogP contribution < -0.4 is 9.64 Å². The fourth-order valence-corrected chi connectivity index (χ4v) is 3.78. The van der Waals surface area contributed by atoms with E-state index in [-0.39, 0.29) is 28.4 Å². The van der Waals surface area contributed by atoms with Gasteiger partial charge in [0.2, 0.25) is 0 Å². The van der Waals surface area contributed by atoms with Crippen LogP contribution in [-0.2, 0) is 9.84 Å². The molecular formula is C19H19ClN2O4S. The highest BCUT2D eigenvalue weighted by atomic mass is 35.5. The topological polar surface area (TPSA) is 87.5 Å². The average molecular weight is 407 g/mol. The second-order valence-electron chi connectivity index (χ2n) is 5.71. The van der Waals surface area contributed by atoms with Crippen LogP contribution in [0.25, 0.3) is 0 Å². The molecule has 0 saturated carbocycles. The number of amides is 1. The van der Waals surface area contributed by atoms with Crippen molar-refractivity contribution in [1.29, 1.82) is 5.26 Å². The highest BCUT2D eigenvalue weighted by Gasteiger charge is 2.21. The van der Waals surface area contributed by atoms with Crippen molar-refractivity contribution in [2.75, 3.05) is 24.3 Å². The number of halogens is 1. The quantitative estimate of drug-likeness (QED) is 0.699. The van der Waals surface area contributed by atoms with Crippen LogP contribution in [0.3, 0.4) is 0 Å². The highest BCUT2D eigenvalue weighted by Crippen LogP contribution is 2.26. The number of benzene rings is 2. The maximum absolute atomic E-state index is 13.0. The average Bonchev–Trinajstić information content (AvgIpc) is 2.63. The number of hydrogen-bond acceptors (Lipinski definition) is 5. The Morgan fingerprint density at radius 3 is 2.44 bits per heavy atom. The van der Waals surface area contributed by atoms with Crippen molar-refractivity contribution in [1.82, 2.24) is 0 Å². The fraction of sp³-hybridized carbons (Fsp3) is 0.263. The molecule has 2 aromatic rings. The second-order valence-corrected chi connectivity index (χ2v) is 8.10. The van der Waals surface area contributed by atoms with Gasteiger partial charge in [-0.15, -0.1) is 0 Å². The summed E-state index contributed by atoms with van der Waals surface area (Å²) in [6.07, 6.45) is 1.16. The van der Waals surface area contributed by atoms with Crippen LogP contribution >= 0.6 is 11.6 Å². The van der Waals surface area contributed by atoms with E-state index in [0.717, 1.165) is 6.26 Å². The minimum Gasteiger partial charge on any atom is -0.494 e. The van der Waals surface area contributed by atoms with Crippen molar-refractivity contribution in [3.63, 3.8) is 0 Å². The van der Waals surface area contributed by atoms with Crippen molar-refractivity contribution in [3.05, 3.63) is 53.1 Å². The zero-order valence-corrected chi connectivity index (χ0v) is 16.5. The Kier molecular flexibility index (Phi) is 6.83. The molecule has 0 bridgehead atoms. The van der Waals surface area contributed by atoms with Crippen LogP contribution in [0.15, 0.2) is 47.4 Å². The number of sulfone groups is 1. The SMILES string of the molecule is CCOc1ccc(N(CCC#N)C(=O)c2ccc(Cl)c(S(C)(=O)=O)c2)cc1. The lowest BCUT2D eigenvalue weighted by molar-refractivity contribution is 0.0987. The molecule has 2 rings (SSSR count). The minimum absolute atomic E-state index is 0.0543. The third-order valence-corrected chi connectivity index (χ3v) is 5.31. The maximum atomic E-state index is 13.0. The van der Waals surface area contributed by atoms with Gasteiger partial charge in [-0.05, 0) is 49.4 Å². The van der Waals surface area contributed by atoms with Gasteiger partial charge in [0.15, 0.2) is 9.84 Å². The number of ether oxygens (including phenoxy) is 1. The zero-order valence-electron chi connectivity index (χ0n) is 15.0. The van der Waals surface area contributed by atoms with Crippen molar-refractivity contribution in [2.45, 2.75) is 18.2 Å². The predicted molar refractivity (Wildman–Crippen MR) is 104 cm³/mol. The van der Waals surface area contributed by atoms with Crippen LogP contribution in [0.2, 0.25) is 5.02 Å². The molecule has 0 saturated heterocycles. The number of rotatable bonds is 7. The Hall–Kier alpha value is -2.56. The molecule has 2 aromatic carbocycles. The molecule has 0 radical (unpaired) electrons. The van der Waals surface area contributed by atoms with Gasteiger partial charge in [0.25, 0.3) is 5.91 Å². The smallest absolute Gasteiger partial charge is 0.258 e. The molecular weight excluding hydrogens is 388 g/mol. The van der Waals surface area contributed by atoms with E-state index in [0.29, 0.717) is 18.0 Å². The van der Waals surface area contributed by atoms with E-state index in [4.69, 9.17) is 21.6 Å². The van der Waals surface area contributed by atoms with Crippen LogP contribution in [0.1, 0.15) is 23.7 Å². The summed E-state index contributed by atoms with van der Waals surface area (Å²) in [5, 5.41) is 8.97. The number of nitriles is 1. The minimum atomic E-state index is -3.58. The van der Waals surface area contributed by atoms with Gasteiger partial charge in [-0.2, -0.15) is 5.26 Å². The second kappa shape index (κ2) is 8.89. The van der Waals surface area contributed by atoms with E-state index in [1.807, 2.05) is 13.0 Å². The summed E-state index contributed by atoms with van der Waals surface area (Å²) in [7, 11) is -3.58. The molecule has 8 heteroatoms. The molecule has 0 aliphatic heterocycles. The van der Waals surface area contributed by atoms with E-state index >= 15 is 0 Å². The summed E-state index contributed by atoms with van der Waals surface area (Å²) in [4.78, 5) is 14.3. The van der Waals surface area contributed by atoms with Crippen LogP contribution in [0.4, 0.5) is 5.69 Å². The van der Waals surface area contributed by atoms with Gasteiger partial charge < -0.3 is 9.64 Å². The van der Waals surface area contributed by atoms with E-state index < -0.39 is 15.7 Å². The van der Waals surface area contributed by atoms with E-state index in [2.05, 4.69) is 0 Å². The monoisotopic (exact) mass is 406 g/mol. The van der Waals surface area contributed by atoms with Crippen molar-refractivity contribution in [2.24, 2.45) is 0 Å². The normalized spacial score (nSPS) is 10.9. The first kappa shape index (κ1) is 20.7. The third kappa shape index (κ3) is 5.22.